The van der Waals surface area contributed by atoms with E-state index in [0.29, 0.717) is 48.1 Å². The second kappa shape index (κ2) is 13.9. The van der Waals surface area contributed by atoms with E-state index in [-0.39, 0.29) is 24.4 Å². The summed E-state index contributed by atoms with van der Waals surface area (Å²) in [6.45, 7) is 6.75. The molecule has 3 aromatic rings. The first-order valence-electron chi connectivity index (χ1n) is 12.8. The summed E-state index contributed by atoms with van der Waals surface area (Å²) in [5, 5.41) is 0. The number of hydrogen-bond acceptors (Lipinski definition) is 7. The van der Waals surface area contributed by atoms with Crippen LogP contribution in [0.5, 0.6) is 23.0 Å². The maximum Gasteiger partial charge on any atom is 0.258 e. The van der Waals surface area contributed by atoms with Crippen molar-refractivity contribution in [3.63, 3.8) is 0 Å². The average Bonchev–Trinajstić information content (AvgIpc) is 3.36. The molecule has 9 heteroatoms. The smallest absolute Gasteiger partial charge is 0.258 e. The molecule has 0 spiro atoms. The van der Waals surface area contributed by atoms with Crippen molar-refractivity contribution in [2.24, 2.45) is 0 Å². The van der Waals surface area contributed by atoms with Gasteiger partial charge in [0.2, 0.25) is 5.91 Å². The Balaban J connectivity index is 1.83. The number of thiophene rings is 1. The van der Waals surface area contributed by atoms with Gasteiger partial charge < -0.3 is 28.7 Å². The number of nitrogens with zero attached hydrogens (tertiary/aromatic N) is 2. The monoisotopic (exact) mass is 554 g/mol. The lowest BCUT2D eigenvalue weighted by Crippen LogP contribution is -2.46. The van der Waals surface area contributed by atoms with E-state index in [1.807, 2.05) is 49.9 Å². The van der Waals surface area contributed by atoms with E-state index < -0.39 is 0 Å². The van der Waals surface area contributed by atoms with Crippen molar-refractivity contribution in [3.05, 3.63) is 69.4 Å². The summed E-state index contributed by atoms with van der Waals surface area (Å²) in [5.41, 5.74) is 1.40. The molecule has 0 aliphatic heterocycles. The van der Waals surface area contributed by atoms with Crippen LogP contribution in [0.3, 0.4) is 0 Å². The number of carbonyl (C=O) groups is 2. The van der Waals surface area contributed by atoms with E-state index in [9.17, 15) is 9.59 Å². The van der Waals surface area contributed by atoms with Gasteiger partial charge in [-0.15, -0.1) is 11.3 Å². The van der Waals surface area contributed by atoms with Gasteiger partial charge in [-0.3, -0.25) is 9.59 Å². The van der Waals surface area contributed by atoms with E-state index in [0.717, 1.165) is 10.4 Å². The molecule has 2 aromatic carbocycles. The summed E-state index contributed by atoms with van der Waals surface area (Å²) in [6.07, 6.45) is 0.623. The van der Waals surface area contributed by atoms with Crippen LogP contribution in [0.15, 0.2) is 48.5 Å². The lowest BCUT2D eigenvalue weighted by Gasteiger charge is -2.30. The standard InChI is InChI=1S/C30H38N2O6S/c1-20(2)32(30(34)25-12-10-23(35-4)17-27(25)37-6)19-29(33)31(18-24-11-8-21(3)39-24)15-14-22-9-13-26(36-5)28(16-22)38-7/h8-13,16-17,20H,14-15,18-19H2,1-7H3. The van der Waals surface area contributed by atoms with Crippen LogP contribution >= 0.6 is 11.3 Å². The summed E-state index contributed by atoms with van der Waals surface area (Å²) in [6, 6.07) is 14.7. The molecule has 0 saturated carbocycles. The van der Waals surface area contributed by atoms with E-state index >= 15 is 0 Å². The second-order valence-corrected chi connectivity index (χ2v) is 10.7. The largest absolute Gasteiger partial charge is 0.497 e. The quantitative estimate of drug-likeness (QED) is 0.289. The van der Waals surface area contributed by atoms with Gasteiger partial charge in [0, 0.05) is 28.4 Å². The lowest BCUT2D eigenvalue weighted by molar-refractivity contribution is -0.132. The molecule has 0 atom stereocenters. The molecule has 1 aromatic heterocycles. The van der Waals surface area contributed by atoms with E-state index in [2.05, 4.69) is 6.07 Å². The number of hydrogen-bond donors (Lipinski definition) is 0. The molecule has 8 nitrogen and oxygen atoms in total. The van der Waals surface area contributed by atoms with Crippen LogP contribution in [-0.4, -0.2) is 69.2 Å². The Bertz CT molecular complexity index is 1270. The van der Waals surface area contributed by atoms with Crippen molar-refractivity contribution in [2.45, 2.75) is 39.8 Å². The molecule has 0 aliphatic rings. The Kier molecular flexibility index (Phi) is 10.6. The van der Waals surface area contributed by atoms with Crippen molar-refractivity contribution in [1.29, 1.82) is 0 Å². The van der Waals surface area contributed by atoms with Gasteiger partial charge >= 0.3 is 0 Å². The molecular weight excluding hydrogens is 516 g/mol. The van der Waals surface area contributed by atoms with Gasteiger partial charge in [-0.1, -0.05) is 6.07 Å². The third-order valence-electron chi connectivity index (χ3n) is 6.44. The molecule has 3 rings (SSSR count). The molecule has 39 heavy (non-hydrogen) atoms. The highest BCUT2D eigenvalue weighted by molar-refractivity contribution is 7.11. The molecule has 0 fully saturated rings. The average molecular weight is 555 g/mol. The Morgan fingerprint density at radius 3 is 2.15 bits per heavy atom. The van der Waals surface area contributed by atoms with Gasteiger partial charge in [0.25, 0.3) is 5.91 Å². The zero-order chi connectivity index (χ0) is 28.5. The molecule has 0 aliphatic carbocycles. The van der Waals surface area contributed by atoms with Crippen LogP contribution in [0.4, 0.5) is 0 Å². The maximum atomic E-state index is 13.7. The zero-order valence-electron chi connectivity index (χ0n) is 23.8. The fraction of sp³-hybridized carbons (Fsp3) is 0.400. The van der Waals surface area contributed by atoms with Crippen LogP contribution < -0.4 is 18.9 Å². The first-order chi connectivity index (χ1) is 18.7. The first-order valence-corrected chi connectivity index (χ1v) is 13.6. The number of methoxy groups -OCH3 is 4. The highest BCUT2D eigenvalue weighted by atomic mass is 32.1. The minimum Gasteiger partial charge on any atom is -0.497 e. The van der Waals surface area contributed by atoms with Gasteiger partial charge in [0.05, 0.1) is 40.5 Å². The number of benzene rings is 2. The Hall–Kier alpha value is -3.72. The SMILES string of the molecule is COc1ccc(C(=O)N(CC(=O)N(CCc2ccc(OC)c(OC)c2)Cc2ccc(C)s2)C(C)C)c(OC)c1. The number of rotatable bonds is 13. The van der Waals surface area contributed by atoms with Gasteiger partial charge in [0.15, 0.2) is 11.5 Å². The highest BCUT2D eigenvalue weighted by Gasteiger charge is 2.27. The normalized spacial score (nSPS) is 10.8. The Morgan fingerprint density at radius 1 is 0.846 bits per heavy atom. The van der Waals surface area contributed by atoms with Gasteiger partial charge in [-0.2, -0.15) is 0 Å². The lowest BCUT2D eigenvalue weighted by atomic mass is 10.1. The molecule has 210 valence electrons. The summed E-state index contributed by atoms with van der Waals surface area (Å²) in [4.78, 5) is 33.0. The molecular formula is C30H38N2O6S. The third-order valence-corrected chi connectivity index (χ3v) is 7.43. The summed E-state index contributed by atoms with van der Waals surface area (Å²) in [5.74, 6) is 1.88. The van der Waals surface area contributed by atoms with Crippen LogP contribution in [0, 0.1) is 6.92 Å². The molecule has 0 saturated heterocycles. The van der Waals surface area contributed by atoms with Crippen LogP contribution in [-0.2, 0) is 17.8 Å². The van der Waals surface area contributed by atoms with E-state index in [1.54, 1.807) is 55.8 Å². The van der Waals surface area contributed by atoms with Crippen LogP contribution in [0.2, 0.25) is 0 Å². The number of amides is 2. The Morgan fingerprint density at radius 2 is 1.56 bits per heavy atom. The summed E-state index contributed by atoms with van der Waals surface area (Å²) in [7, 11) is 6.27. The maximum absolute atomic E-state index is 13.7. The van der Waals surface area contributed by atoms with Crippen molar-refractivity contribution < 1.29 is 28.5 Å². The second-order valence-electron chi connectivity index (χ2n) is 9.36. The third kappa shape index (κ3) is 7.66. The summed E-state index contributed by atoms with van der Waals surface area (Å²) >= 11 is 1.66. The predicted molar refractivity (Wildman–Crippen MR) is 153 cm³/mol. The van der Waals surface area contributed by atoms with Crippen molar-refractivity contribution in [2.75, 3.05) is 41.5 Å². The molecule has 2 amide bonds. The van der Waals surface area contributed by atoms with Gasteiger partial charge in [0.1, 0.15) is 18.0 Å². The van der Waals surface area contributed by atoms with Crippen molar-refractivity contribution in [1.82, 2.24) is 9.80 Å². The Labute approximate surface area is 235 Å². The predicted octanol–water partition coefficient (Wildman–Crippen LogP) is 5.21. The first kappa shape index (κ1) is 29.8. The minimum absolute atomic E-state index is 0.0536. The molecule has 0 radical (unpaired) electrons. The van der Waals surface area contributed by atoms with Crippen molar-refractivity contribution >= 4 is 23.2 Å². The number of ether oxygens (including phenoxy) is 4. The fourth-order valence-corrected chi connectivity index (χ4v) is 5.12. The van der Waals surface area contributed by atoms with Gasteiger partial charge in [-0.25, -0.2) is 0 Å². The van der Waals surface area contributed by atoms with Crippen LogP contribution in [0.25, 0.3) is 0 Å². The molecule has 0 unspecified atom stereocenters. The summed E-state index contributed by atoms with van der Waals surface area (Å²) < 4.78 is 21.5. The fourth-order valence-electron chi connectivity index (χ4n) is 4.21. The molecule has 1 heterocycles. The number of carbonyl (C=O) groups excluding carboxylic acids is 2. The van der Waals surface area contributed by atoms with E-state index in [1.165, 1.54) is 12.0 Å². The van der Waals surface area contributed by atoms with Crippen molar-refractivity contribution in [3.8, 4) is 23.0 Å². The molecule has 0 bridgehead atoms. The van der Waals surface area contributed by atoms with E-state index in [4.69, 9.17) is 18.9 Å². The zero-order valence-corrected chi connectivity index (χ0v) is 24.6. The molecule has 0 N–H and O–H groups in total. The highest BCUT2D eigenvalue weighted by Crippen LogP contribution is 2.29. The van der Waals surface area contributed by atoms with Crippen LogP contribution in [0.1, 0.15) is 39.5 Å². The topological polar surface area (TPSA) is 77.5 Å². The van der Waals surface area contributed by atoms with Gasteiger partial charge in [-0.05, 0) is 69.2 Å². The minimum atomic E-state index is -0.273. The number of aryl methyl sites for hydroxylation is 1.